The molecule has 1 atom stereocenters. The van der Waals surface area contributed by atoms with Crippen molar-refractivity contribution in [1.29, 1.82) is 0 Å². The summed E-state index contributed by atoms with van der Waals surface area (Å²) in [5.74, 6) is -2.16. The van der Waals surface area contributed by atoms with E-state index in [9.17, 15) is 14.4 Å². The van der Waals surface area contributed by atoms with Crippen molar-refractivity contribution in [2.45, 2.75) is 38.6 Å². The molecule has 0 saturated carbocycles. The van der Waals surface area contributed by atoms with Crippen LogP contribution < -0.4 is 10.6 Å². The van der Waals surface area contributed by atoms with Crippen molar-refractivity contribution < 1.29 is 24.6 Å². The number of hydrogen-bond donors (Lipinski definition) is 4. The Balaban J connectivity index is 4.01. The molecule has 108 valence electrons. The molecule has 7 heteroatoms. The Hall–Kier alpha value is -2.05. The number of amides is 2. The van der Waals surface area contributed by atoms with Gasteiger partial charge in [-0.05, 0) is 26.2 Å². The van der Waals surface area contributed by atoms with Gasteiger partial charge in [-0.1, -0.05) is 12.2 Å². The first-order valence-corrected chi connectivity index (χ1v) is 6.07. The lowest BCUT2D eigenvalue weighted by atomic mass is 10.1. The van der Waals surface area contributed by atoms with Crippen molar-refractivity contribution in [3.8, 4) is 0 Å². The smallest absolute Gasteiger partial charge is 0.326 e. The maximum absolute atomic E-state index is 11.4. The molecule has 2 amide bonds. The van der Waals surface area contributed by atoms with Gasteiger partial charge in [-0.25, -0.2) is 9.59 Å². The van der Waals surface area contributed by atoms with Crippen LogP contribution in [0.3, 0.4) is 0 Å². The summed E-state index contributed by atoms with van der Waals surface area (Å²) >= 11 is 0. The Morgan fingerprint density at radius 2 is 1.95 bits per heavy atom. The van der Waals surface area contributed by atoms with Gasteiger partial charge in [-0.3, -0.25) is 4.79 Å². The number of aliphatic carboxylic acids is 2. The van der Waals surface area contributed by atoms with Crippen LogP contribution in [0.4, 0.5) is 4.79 Å². The Bertz CT molecular complexity index is 341. The number of allylic oxidation sites excluding steroid dienone is 1. The zero-order valence-corrected chi connectivity index (χ0v) is 10.9. The van der Waals surface area contributed by atoms with Crippen molar-refractivity contribution in [2.75, 3.05) is 6.54 Å². The maximum Gasteiger partial charge on any atom is 0.326 e. The largest absolute Gasteiger partial charge is 0.481 e. The summed E-state index contributed by atoms with van der Waals surface area (Å²) in [6.45, 7) is 2.28. The van der Waals surface area contributed by atoms with Crippen LogP contribution in [0.15, 0.2) is 12.2 Å². The molecule has 4 N–H and O–H groups in total. The first-order valence-electron chi connectivity index (χ1n) is 6.07. The van der Waals surface area contributed by atoms with Gasteiger partial charge in [-0.2, -0.15) is 0 Å². The molecule has 0 aromatic carbocycles. The highest BCUT2D eigenvalue weighted by molar-refractivity contribution is 5.82. The zero-order valence-electron chi connectivity index (χ0n) is 10.9. The fourth-order valence-electron chi connectivity index (χ4n) is 1.36. The van der Waals surface area contributed by atoms with Crippen LogP contribution in [0, 0.1) is 0 Å². The number of urea groups is 1. The van der Waals surface area contributed by atoms with Crippen LogP contribution >= 0.6 is 0 Å². The molecule has 0 aromatic heterocycles. The highest BCUT2D eigenvalue weighted by Crippen LogP contribution is 2.01. The molecule has 0 radical (unpaired) electrons. The molecule has 19 heavy (non-hydrogen) atoms. The van der Waals surface area contributed by atoms with Crippen molar-refractivity contribution in [3.05, 3.63) is 12.2 Å². The van der Waals surface area contributed by atoms with E-state index in [1.807, 2.05) is 19.1 Å². The molecule has 0 aliphatic heterocycles. The minimum atomic E-state index is -1.17. The Morgan fingerprint density at radius 1 is 1.26 bits per heavy atom. The van der Waals surface area contributed by atoms with Gasteiger partial charge in [0.2, 0.25) is 0 Å². The lowest BCUT2D eigenvalue weighted by Gasteiger charge is -2.14. The van der Waals surface area contributed by atoms with Gasteiger partial charge < -0.3 is 20.8 Å². The van der Waals surface area contributed by atoms with Gasteiger partial charge in [0.05, 0.1) is 0 Å². The third-order valence-electron chi connectivity index (χ3n) is 2.32. The van der Waals surface area contributed by atoms with Gasteiger partial charge in [0.1, 0.15) is 6.04 Å². The predicted molar refractivity (Wildman–Crippen MR) is 68.9 cm³/mol. The molecule has 0 rings (SSSR count). The number of nitrogens with one attached hydrogen (secondary N) is 2. The number of rotatable bonds is 9. The quantitative estimate of drug-likeness (QED) is 0.368. The van der Waals surface area contributed by atoms with Crippen LogP contribution in [0.25, 0.3) is 0 Å². The monoisotopic (exact) mass is 272 g/mol. The van der Waals surface area contributed by atoms with E-state index in [1.165, 1.54) is 0 Å². The number of carbonyl (C=O) groups excluding carboxylic acids is 1. The Morgan fingerprint density at radius 3 is 2.47 bits per heavy atom. The van der Waals surface area contributed by atoms with Crippen LogP contribution in [-0.4, -0.2) is 40.8 Å². The normalized spacial score (nSPS) is 12.1. The van der Waals surface area contributed by atoms with Gasteiger partial charge in [0.15, 0.2) is 0 Å². The number of carboxylic acid groups (broad SMARTS) is 2. The molecular formula is C12H20N2O5. The molecule has 0 heterocycles. The SMILES string of the molecule is C/C=C/CCNC(=O)N[C@H](CCCC(=O)O)C(=O)O. The molecule has 0 unspecified atom stereocenters. The maximum atomic E-state index is 11.4. The summed E-state index contributed by atoms with van der Waals surface area (Å²) in [5.41, 5.74) is 0. The van der Waals surface area contributed by atoms with E-state index in [1.54, 1.807) is 0 Å². The second-order valence-electron chi connectivity index (χ2n) is 3.93. The zero-order chi connectivity index (χ0) is 14.7. The second-order valence-corrected chi connectivity index (χ2v) is 3.93. The highest BCUT2D eigenvalue weighted by atomic mass is 16.4. The van der Waals surface area contributed by atoms with Crippen molar-refractivity contribution in [3.63, 3.8) is 0 Å². The first-order chi connectivity index (χ1) is 8.97. The van der Waals surface area contributed by atoms with E-state index in [2.05, 4.69) is 10.6 Å². The van der Waals surface area contributed by atoms with Crippen LogP contribution in [0.2, 0.25) is 0 Å². The second kappa shape index (κ2) is 9.93. The standard InChI is InChI=1S/C12H20N2O5/c1-2-3-4-8-13-12(19)14-9(11(17)18)6-5-7-10(15)16/h2-3,9H,4-8H2,1H3,(H,15,16)(H,17,18)(H2,13,14,19)/b3-2+/t9-/m1/s1. The number of carboxylic acids is 2. The average Bonchev–Trinajstić information content (AvgIpc) is 2.33. The highest BCUT2D eigenvalue weighted by Gasteiger charge is 2.19. The van der Waals surface area contributed by atoms with E-state index in [-0.39, 0.29) is 19.3 Å². The lowest BCUT2D eigenvalue weighted by Crippen LogP contribution is -2.46. The Kier molecular flexibility index (Phi) is 8.86. The van der Waals surface area contributed by atoms with Gasteiger partial charge in [0.25, 0.3) is 0 Å². The molecule has 0 bridgehead atoms. The minimum absolute atomic E-state index is 0.0872. The average molecular weight is 272 g/mol. The molecule has 0 fully saturated rings. The fraction of sp³-hybridized carbons (Fsp3) is 0.583. The summed E-state index contributed by atoms with van der Waals surface area (Å²) in [7, 11) is 0. The van der Waals surface area contributed by atoms with E-state index in [4.69, 9.17) is 10.2 Å². The number of hydrogen-bond acceptors (Lipinski definition) is 3. The van der Waals surface area contributed by atoms with Gasteiger partial charge in [-0.15, -0.1) is 0 Å². The molecule has 0 aliphatic carbocycles. The molecule has 0 spiro atoms. The number of carbonyl (C=O) groups is 3. The predicted octanol–water partition coefficient (Wildman–Crippen LogP) is 0.960. The third kappa shape index (κ3) is 9.63. The Labute approximate surface area is 111 Å². The summed E-state index contributed by atoms with van der Waals surface area (Å²) in [4.78, 5) is 32.6. The van der Waals surface area contributed by atoms with E-state index >= 15 is 0 Å². The van der Waals surface area contributed by atoms with Crippen molar-refractivity contribution in [1.82, 2.24) is 10.6 Å². The molecule has 0 aliphatic rings. The summed E-state index contributed by atoms with van der Waals surface area (Å²) in [5, 5.41) is 22.2. The van der Waals surface area contributed by atoms with E-state index in [0.29, 0.717) is 13.0 Å². The van der Waals surface area contributed by atoms with Crippen LogP contribution in [-0.2, 0) is 9.59 Å². The topological polar surface area (TPSA) is 116 Å². The van der Waals surface area contributed by atoms with Crippen LogP contribution in [0.1, 0.15) is 32.6 Å². The summed E-state index contributed by atoms with van der Waals surface area (Å²) in [6.07, 6.45) is 4.57. The molecular weight excluding hydrogens is 252 g/mol. The van der Waals surface area contributed by atoms with Gasteiger partial charge in [0, 0.05) is 13.0 Å². The molecule has 0 aromatic rings. The summed E-state index contributed by atoms with van der Waals surface area (Å²) < 4.78 is 0. The molecule has 0 saturated heterocycles. The first kappa shape index (κ1) is 16.9. The van der Waals surface area contributed by atoms with Crippen LogP contribution in [0.5, 0.6) is 0 Å². The fourth-order valence-corrected chi connectivity index (χ4v) is 1.36. The lowest BCUT2D eigenvalue weighted by molar-refractivity contribution is -0.140. The molecule has 7 nitrogen and oxygen atoms in total. The van der Waals surface area contributed by atoms with E-state index < -0.39 is 24.0 Å². The van der Waals surface area contributed by atoms with Gasteiger partial charge >= 0.3 is 18.0 Å². The summed E-state index contributed by atoms with van der Waals surface area (Å²) in [6, 6.07) is -1.63. The van der Waals surface area contributed by atoms with Crippen molar-refractivity contribution in [2.24, 2.45) is 0 Å². The van der Waals surface area contributed by atoms with Crippen molar-refractivity contribution >= 4 is 18.0 Å². The minimum Gasteiger partial charge on any atom is -0.481 e. The third-order valence-corrected chi connectivity index (χ3v) is 2.32. The van der Waals surface area contributed by atoms with E-state index in [0.717, 1.165) is 0 Å².